The van der Waals surface area contributed by atoms with Crippen LogP contribution < -0.4 is 5.32 Å². The second-order valence-electron chi connectivity index (χ2n) is 4.86. The Kier molecular flexibility index (Phi) is 7.65. The van der Waals surface area contributed by atoms with E-state index in [1.54, 1.807) is 23.4 Å². The molecule has 0 aliphatic heterocycles. The number of nitrogens with zero attached hydrogens (tertiary/aromatic N) is 2. The van der Waals surface area contributed by atoms with E-state index in [4.69, 9.17) is 5.11 Å². The highest BCUT2D eigenvalue weighted by Gasteiger charge is 2.15. The Morgan fingerprint density at radius 2 is 2.20 bits per heavy atom. The van der Waals surface area contributed by atoms with E-state index in [0.717, 1.165) is 37.9 Å². The van der Waals surface area contributed by atoms with Crippen LogP contribution in [-0.2, 0) is 0 Å². The molecule has 5 heteroatoms. The van der Waals surface area contributed by atoms with Gasteiger partial charge in [-0.2, -0.15) is 0 Å². The van der Waals surface area contributed by atoms with Crippen LogP contribution in [0.25, 0.3) is 0 Å². The van der Waals surface area contributed by atoms with Crippen LogP contribution in [-0.4, -0.2) is 47.6 Å². The standard InChI is InChI=1S/C15H25N3O2/c1-3-8-17-14-12-16-9-7-13(14)15(20)18(2)10-5-4-6-11-19/h7,9,12,17,19H,3-6,8,10-11H2,1-2H3. The van der Waals surface area contributed by atoms with Gasteiger partial charge in [-0.05, 0) is 31.7 Å². The first-order valence-electron chi connectivity index (χ1n) is 7.25. The number of carbonyl (C=O) groups is 1. The molecule has 0 spiro atoms. The molecule has 1 heterocycles. The summed E-state index contributed by atoms with van der Waals surface area (Å²) in [6.07, 6.45) is 6.98. The summed E-state index contributed by atoms with van der Waals surface area (Å²) in [6.45, 7) is 3.83. The third kappa shape index (κ3) is 5.17. The molecule has 1 aromatic heterocycles. The molecule has 2 N–H and O–H groups in total. The van der Waals surface area contributed by atoms with E-state index in [0.29, 0.717) is 12.1 Å². The molecule has 0 bridgehead atoms. The highest BCUT2D eigenvalue weighted by Crippen LogP contribution is 2.15. The van der Waals surface area contributed by atoms with Gasteiger partial charge in [0, 0.05) is 32.9 Å². The van der Waals surface area contributed by atoms with E-state index < -0.39 is 0 Å². The Balaban J connectivity index is 2.61. The lowest BCUT2D eigenvalue weighted by Crippen LogP contribution is -2.28. The minimum absolute atomic E-state index is 0.00926. The smallest absolute Gasteiger partial charge is 0.255 e. The molecule has 0 saturated carbocycles. The molecule has 0 aromatic carbocycles. The number of hydrogen-bond donors (Lipinski definition) is 2. The van der Waals surface area contributed by atoms with Crippen LogP contribution in [0, 0.1) is 0 Å². The molecule has 1 rings (SSSR count). The second kappa shape index (κ2) is 9.31. The number of pyridine rings is 1. The van der Waals surface area contributed by atoms with Gasteiger partial charge in [0.25, 0.3) is 5.91 Å². The highest BCUT2D eigenvalue weighted by molar-refractivity contribution is 5.99. The Hall–Kier alpha value is -1.62. The van der Waals surface area contributed by atoms with Crippen LogP contribution in [0.15, 0.2) is 18.5 Å². The number of unbranched alkanes of at least 4 members (excludes halogenated alkanes) is 2. The molecular weight excluding hydrogens is 254 g/mol. The fourth-order valence-corrected chi connectivity index (χ4v) is 1.93. The topological polar surface area (TPSA) is 65.5 Å². The number of nitrogens with one attached hydrogen (secondary N) is 1. The van der Waals surface area contributed by atoms with Gasteiger partial charge in [-0.15, -0.1) is 0 Å². The zero-order chi connectivity index (χ0) is 14.8. The van der Waals surface area contributed by atoms with E-state index in [9.17, 15) is 4.79 Å². The summed E-state index contributed by atoms with van der Waals surface area (Å²) in [7, 11) is 1.81. The number of rotatable bonds is 9. The third-order valence-corrected chi connectivity index (χ3v) is 3.12. The molecule has 5 nitrogen and oxygen atoms in total. The number of aromatic nitrogens is 1. The summed E-state index contributed by atoms with van der Waals surface area (Å²) in [5.74, 6) is 0.00926. The fraction of sp³-hybridized carbons (Fsp3) is 0.600. The molecule has 0 radical (unpaired) electrons. The molecule has 1 aromatic rings. The molecule has 1 amide bonds. The first kappa shape index (κ1) is 16.4. The Morgan fingerprint density at radius 3 is 2.90 bits per heavy atom. The third-order valence-electron chi connectivity index (χ3n) is 3.12. The zero-order valence-corrected chi connectivity index (χ0v) is 12.4. The number of aliphatic hydroxyl groups is 1. The van der Waals surface area contributed by atoms with Crippen molar-refractivity contribution in [1.82, 2.24) is 9.88 Å². The van der Waals surface area contributed by atoms with Crippen LogP contribution in [0.1, 0.15) is 43.0 Å². The van der Waals surface area contributed by atoms with E-state index in [1.165, 1.54) is 0 Å². The molecule has 0 fully saturated rings. The molecule has 0 atom stereocenters. The zero-order valence-electron chi connectivity index (χ0n) is 12.4. The Bertz CT molecular complexity index is 410. The van der Waals surface area contributed by atoms with Crippen LogP contribution in [0.5, 0.6) is 0 Å². The average Bonchev–Trinajstić information content (AvgIpc) is 2.49. The first-order chi connectivity index (χ1) is 9.70. The maximum atomic E-state index is 12.4. The van der Waals surface area contributed by atoms with Gasteiger partial charge in [-0.3, -0.25) is 9.78 Å². The fourth-order valence-electron chi connectivity index (χ4n) is 1.93. The number of aliphatic hydroxyl groups excluding tert-OH is 1. The molecule has 0 saturated heterocycles. The van der Waals surface area contributed by atoms with Gasteiger partial charge >= 0.3 is 0 Å². The van der Waals surface area contributed by atoms with Crippen LogP contribution in [0.3, 0.4) is 0 Å². The summed E-state index contributed by atoms with van der Waals surface area (Å²) in [5, 5.41) is 12.0. The van der Waals surface area contributed by atoms with Gasteiger partial charge in [-0.1, -0.05) is 6.92 Å². The average molecular weight is 279 g/mol. The van der Waals surface area contributed by atoms with Crippen molar-refractivity contribution >= 4 is 11.6 Å². The molecule has 112 valence electrons. The summed E-state index contributed by atoms with van der Waals surface area (Å²) in [5.41, 5.74) is 1.46. The van der Waals surface area contributed by atoms with Crippen molar-refractivity contribution in [3.8, 4) is 0 Å². The predicted molar refractivity (Wildman–Crippen MR) is 80.9 cm³/mol. The maximum absolute atomic E-state index is 12.4. The number of hydrogen-bond acceptors (Lipinski definition) is 4. The van der Waals surface area contributed by atoms with Crippen LogP contribution in [0.2, 0.25) is 0 Å². The number of amides is 1. The van der Waals surface area contributed by atoms with Gasteiger partial charge in [0.1, 0.15) is 0 Å². The highest BCUT2D eigenvalue weighted by atomic mass is 16.2. The van der Waals surface area contributed by atoms with Gasteiger partial charge in [0.15, 0.2) is 0 Å². The Labute approximate surface area is 121 Å². The van der Waals surface area contributed by atoms with E-state index in [2.05, 4.69) is 17.2 Å². The SMILES string of the molecule is CCCNc1cnccc1C(=O)N(C)CCCCCO. The van der Waals surface area contributed by atoms with E-state index in [1.807, 2.05) is 7.05 Å². The van der Waals surface area contributed by atoms with Gasteiger partial charge in [-0.25, -0.2) is 0 Å². The number of carbonyl (C=O) groups excluding carboxylic acids is 1. The van der Waals surface area contributed by atoms with Crippen molar-refractivity contribution < 1.29 is 9.90 Å². The summed E-state index contributed by atoms with van der Waals surface area (Å²) >= 11 is 0. The van der Waals surface area contributed by atoms with Crippen molar-refractivity contribution in [2.24, 2.45) is 0 Å². The lowest BCUT2D eigenvalue weighted by molar-refractivity contribution is 0.0793. The minimum Gasteiger partial charge on any atom is -0.396 e. The Morgan fingerprint density at radius 1 is 1.40 bits per heavy atom. The van der Waals surface area contributed by atoms with Crippen LogP contribution in [0.4, 0.5) is 5.69 Å². The summed E-state index contributed by atoms with van der Waals surface area (Å²) < 4.78 is 0. The van der Waals surface area contributed by atoms with Crippen molar-refractivity contribution in [2.45, 2.75) is 32.6 Å². The molecule has 0 aliphatic carbocycles. The molecule has 0 unspecified atom stereocenters. The lowest BCUT2D eigenvalue weighted by atomic mass is 10.2. The summed E-state index contributed by atoms with van der Waals surface area (Å²) in [6, 6.07) is 1.75. The van der Waals surface area contributed by atoms with Crippen molar-refractivity contribution in [3.05, 3.63) is 24.0 Å². The lowest BCUT2D eigenvalue weighted by Gasteiger charge is -2.19. The van der Waals surface area contributed by atoms with Crippen molar-refractivity contribution in [2.75, 3.05) is 32.1 Å². The quantitative estimate of drug-likeness (QED) is 0.680. The maximum Gasteiger partial charge on any atom is 0.255 e. The van der Waals surface area contributed by atoms with Gasteiger partial charge < -0.3 is 15.3 Å². The molecule has 20 heavy (non-hydrogen) atoms. The van der Waals surface area contributed by atoms with Crippen molar-refractivity contribution in [3.63, 3.8) is 0 Å². The van der Waals surface area contributed by atoms with E-state index in [-0.39, 0.29) is 12.5 Å². The van der Waals surface area contributed by atoms with E-state index >= 15 is 0 Å². The first-order valence-corrected chi connectivity index (χ1v) is 7.25. The summed E-state index contributed by atoms with van der Waals surface area (Å²) in [4.78, 5) is 18.2. The second-order valence-corrected chi connectivity index (χ2v) is 4.86. The van der Waals surface area contributed by atoms with Crippen LogP contribution >= 0.6 is 0 Å². The predicted octanol–water partition coefficient (Wildman–Crippen LogP) is 2.14. The number of anilines is 1. The normalized spacial score (nSPS) is 10.3. The van der Waals surface area contributed by atoms with Gasteiger partial charge in [0.05, 0.1) is 17.4 Å². The van der Waals surface area contributed by atoms with Crippen molar-refractivity contribution in [1.29, 1.82) is 0 Å². The largest absolute Gasteiger partial charge is 0.396 e. The molecular formula is C15H25N3O2. The molecule has 0 aliphatic rings. The minimum atomic E-state index is 0.00926. The monoisotopic (exact) mass is 279 g/mol. The van der Waals surface area contributed by atoms with Gasteiger partial charge in [0.2, 0.25) is 0 Å².